The third-order valence-corrected chi connectivity index (χ3v) is 5.96. The first-order chi connectivity index (χ1) is 10.2. The summed E-state index contributed by atoms with van der Waals surface area (Å²) in [7, 11) is 0. The molecule has 1 unspecified atom stereocenters. The summed E-state index contributed by atoms with van der Waals surface area (Å²) in [5.74, 6) is 6.00. The fourth-order valence-corrected chi connectivity index (χ4v) is 4.57. The summed E-state index contributed by atoms with van der Waals surface area (Å²) in [4.78, 5) is 7.02. The molecule has 0 amide bonds. The van der Waals surface area contributed by atoms with Crippen LogP contribution in [0.5, 0.6) is 0 Å². The molecule has 21 heavy (non-hydrogen) atoms. The van der Waals surface area contributed by atoms with E-state index < -0.39 is 0 Å². The summed E-state index contributed by atoms with van der Waals surface area (Å²) in [6, 6.07) is 0.305. The lowest BCUT2D eigenvalue weighted by Gasteiger charge is -2.32. The van der Waals surface area contributed by atoms with Crippen LogP contribution in [0.1, 0.15) is 38.4 Å². The highest BCUT2D eigenvalue weighted by Crippen LogP contribution is 2.26. The molecule has 2 fully saturated rings. The molecule has 2 aliphatic rings. The second kappa shape index (κ2) is 7.01. The number of anilines is 1. The predicted molar refractivity (Wildman–Crippen MR) is 88.7 cm³/mol. The summed E-state index contributed by atoms with van der Waals surface area (Å²) < 4.78 is 0. The highest BCUT2D eigenvalue weighted by molar-refractivity contribution is 7.99. The van der Waals surface area contributed by atoms with Gasteiger partial charge in [-0.15, -0.1) is 5.10 Å². The lowest BCUT2D eigenvalue weighted by molar-refractivity contribution is 0.352. The minimum atomic E-state index is 0.305. The summed E-state index contributed by atoms with van der Waals surface area (Å²) in [5.41, 5.74) is 6.00. The summed E-state index contributed by atoms with van der Waals surface area (Å²) >= 11 is 2.07. The van der Waals surface area contributed by atoms with E-state index in [1.165, 1.54) is 24.3 Å². The Balaban J connectivity index is 1.53. The zero-order valence-corrected chi connectivity index (χ0v) is 13.7. The van der Waals surface area contributed by atoms with Crippen LogP contribution in [0.25, 0.3) is 0 Å². The van der Waals surface area contributed by atoms with Gasteiger partial charge >= 0.3 is 0 Å². The number of thioether (sulfide) groups is 1. The van der Waals surface area contributed by atoms with Crippen LogP contribution >= 0.6 is 11.8 Å². The van der Waals surface area contributed by atoms with Crippen molar-refractivity contribution in [1.82, 2.24) is 15.2 Å². The van der Waals surface area contributed by atoms with Gasteiger partial charge in [-0.2, -0.15) is 16.7 Å². The second-order valence-electron chi connectivity index (χ2n) is 6.53. The summed E-state index contributed by atoms with van der Waals surface area (Å²) in [5, 5.41) is 7.58. The molecule has 118 valence electrons. The number of aromatic nitrogens is 3. The number of hydrogen-bond acceptors (Lipinski definition) is 5. The number of hydrogen-bond donors (Lipinski definition) is 2. The number of H-pyrrole nitrogens is 1. The van der Waals surface area contributed by atoms with E-state index in [4.69, 9.17) is 10.7 Å². The Bertz CT molecular complexity index is 433. The Morgan fingerprint density at radius 2 is 2.00 bits per heavy atom. The molecule has 0 spiro atoms. The smallest absolute Gasteiger partial charge is 0.244 e. The molecule has 3 N–H and O–H groups in total. The van der Waals surface area contributed by atoms with Gasteiger partial charge in [0.15, 0.2) is 0 Å². The molecule has 1 aromatic rings. The predicted octanol–water partition coefficient (Wildman–Crippen LogP) is 2.05. The van der Waals surface area contributed by atoms with Crippen LogP contribution in [0.4, 0.5) is 5.95 Å². The third kappa shape index (κ3) is 3.92. The van der Waals surface area contributed by atoms with Crippen molar-refractivity contribution in [2.24, 2.45) is 17.6 Å². The van der Waals surface area contributed by atoms with Gasteiger partial charge in [0.05, 0.1) is 0 Å². The molecule has 1 atom stereocenters. The number of nitrogens with zero attached hydrogens (tertiary/aromatic N) is 3. The maximum atomic E-state index is 6.00. The molecule has 2 aliphatic heterocycles. The Labute approximate surface area is 131 Å². The molecule has 0 radical (unpaired) electrons. The van der Waals surface area contributed by atoms with Gasteiger partial charge in [0, 0.05) is 25.6 Å². The van der Waals surface area contributed by atoms with Crippen LogP contribution in [0.15, 0.2) is 0 Å². The van der Waals surface area contributed by atoms with Crippen molar-refractivity contribution < 1.29 is 0 Å². The van der Waals surface area contributed by atoms with Crippen molar-refractivity contribution in [2.45, 2.75) is 45.1 Å². The molecule has 3 rings (SSSR count). The van der Waals surface area contributed by atoms with E-state index in [0.717, 1.165) is 50.0 Å². The molecule has 1 aromatic heterocycles. The van der Waals surface area contributed by atoms with Crippen LogP contribution in [-0.4, -0.2) is 45.8 Å². The molecule has 0 aliphatic carbocycles. The van der Waals surface area contributed by atoms with Gasteiger partial charge in [0.2, 0.25) is 5.95 Å². The van der Waals surface area contributed by atoms with Gasteiger partial charge in [-0.1, -0.05) is 0 Å². The van der Waals surface area contributed by atoms with E-state index in [9.17, 15) is 0 Å². The molecular weight excluding hydrogens is 282 g/mol. The summed E-state index contributed by atoms with van der Waals surface area (Å²) in [6.45, 7) is 4.18. The quantitative estimate of drug-likeness (QED) is 0.891. The standard InChI is InChI=1S/C15H27N5S/c1-11(16)13-2-6-20(7-3-13)15-17-14(18-19-15)10-12-4-8-21-9-5-12/h11-13H,2-10,16H2,1H3,(H,17,18,19). The zero-order valence-electron chi connectivity index (χ0n) is 12.9. The maximum absolute atomic E-state index is 6.00. The largest absolute Gasteiger partial charge is 0.340 e. The lowest BCUT2D eigenvalue weighted by Crippen LogP contribution is -2.40. The Hall–Kier alpha value is -0.750. The van der Waals surface area contributed by atoms with Crippen molar-refractivity contribution in [3.8, 4) is 0 Å². The normalized spacial score (nSPS) is 23.4. The molecule has 0 saturated carbocycles. The fraction of sp³-hybridized carbons (Fsp3) is 0.867. The van der Waals surface area contributed by atoms with Crippen LogP contribution in [0.3, 0.4) is 0 Å². The molecule has 6 heteroatoms. The Morgan fingerprint density at radius 3 is 2.67 bits per heavy atom. The first kappa shape index (κ1) is 15.2. The molecule has 5 nitrogen and oxygen atoms in total. The average molecular weight is 309 g/mol. The van der Waals surface area contributed by atoms with Gasteiger partial charge in [-0.05, 0) is 55.9 Å². The maximum Gasteiger partial charge on any atom is 0.244 e. The third-order valence-electron chi connectivity index (χ3n) is 4.91. The minimum Gasteiger partial charge on any atom is -0.340 e. The monoisotopic (exact) mass is 309 g/mol. The van der Waals surface area contributed by atoms with E-state index in [2.05, 4.69) is 33.8 Å². The average Bonchev–Trinajstić information content (AvgIpc) is 2.97. The van der Waals surface area contributed by atoms with E-state index in [0.29, 0.717) is 12.0 Å². The number of aromatic amines is 1. The topological polar surface area (TPSA) is 70.8 Å². The molecule has 0 bridgehead atoms. The van der Waals surface area contributed by atoms with Crippen LogP contribution in [0.2, 0.25) is 0 Å². The number of piperidine rings is 1. The van der Waals surface area contributed by atoms with Crippen molar-refractivity contribution in [2.75, 3.05) is 29.5 Å². The van der Waals surface area contributed by atoms with Gasteiger partial charge < -0.3 is 10.6 Å². The van der Waals surface area contributed by atoms with Crippen molar-refractivity contribution in [3.05, 3.63) is 5.82 Å². The minimum absolute atomic E-state index is 0.305. The van der Waals surface area contributed by atoms with E-state index in [1.807, 2.05) is 0 Å². The first-order valence-corrected chi connectivity index (χ1v) is 9.37. The molecule has 2 saturated heterocycles. The van der Waals surface area contributed by atoms with E-state index in [1.54, 1.807) is 0 Å². The van der Waals surface area contributed by atoms with Crippen molar-refractivity contribution >= 4 is 17.7 Å². The van der Waals surface area contributed by atoms with Crippen molar-refractivity contribution in [1.29, 1.82) is 0 Å². The zero-order chi connectivity index (χ0) is 14.7. The Kier molecular flexibility index (Phi) is 5.06. The van der Waals surface area contributed by atoms with Crippen LogP contribution in [0, 0.1) is 11.8 Å². The molecular formula is C15H27N5S. The van der Waals surface area contributed by atoms with Crippen LogP contribution < -0.4 is 10.6 Å². The SMILES string of the molecule is CC(N)C1CCN(c2n[nH]c(CC3CCSCC3)n2)CC1. The van der Waals surface area contributed by atoms with Gasteiger partial charge in [-0.3, -0.25) is 5.10 Å². The fourth-order valence-electron chi connectivity index (χ4n) is 3.37. The Morgan fingerprint density at radius 1 is 1.29 bits per heavy atom. The highest BCUT2D eigenvalue weighted by Gasteiger charge is 2.24. The van der Waals surface area contributed by atoms with Crippen molar-refractivity contribution in [3.63, 3.8) is 0 Å². The van der Waals surface area contributed by atoms with Gasteiger partial charge in [-0.25, -0.2) is 0 Å². The van der Waals surface area contributed by atoms with E-state index in [-0.39, 0.29) is 0 Å². The molecule has 3 heterocycles. The van der Waals surface area contributed by atoms with Gasteiger partial charge in [0.1, 0.15) is 5.82 Å². The number of rotatable bonds is 4. The lowest BCUT2D eigenvalue weighted by atomic mass is 9.91. The number of nitrogens with one attached hydrogen (secondary N) is 1. The second-order valence-corrected chi connectivity index (χ2v) is 7.75. The van der Waals surface area contributed by atoms with Gasteiger partial charge in [0.25, 0.3) is 0 Å². The van der Waals surface area contributed by atoms with E-state index >= 15 is 0 Å². The highest BCUT2D eigenvalue weighted by atomic mass is 32.2. The number of nitrogens with two attached hydrogens (primary N) is 1. The summed E-state index contributed by atoms with van der Waals surface area (Å²) in [6.07, 6.45) is 6.01. The first-order valence-electron chi connectivity index (χ1n) is 8.22. The molecule has 0 aromatic carbocycles. The van der Waals surface area contributed by atoms with Crippen LogP contribution in [-0.2, 0) is 6.42 Å².